The molecule has 2 aromatic rings. The van der Waals surface area contributed by atoms with Crippen LogP contribution in [0.1, 0.15) is 57.6 Å². The third-order valence-electron chi connectivity index (χ3n) is 6.37. The van der Waals surface area contributed by atoms with Gasteiger partial charge in [-0.05, 0) is 70.6 Å². The van der Waals surface area contributed by atoms with Gasteiger partial charge in [0.25, 0.3) is 0 Å². The van der Waals surface area contributed by atoms with Crippen molar-refractivity contribution in [1.29, 1.82) is 0 Å². The zero-order chi connectivity index (χ0) is 19.0. The molecule has 6 heteroatoms. The van der Waals surface area contributed by atoms with Crippen molar-refractivity contribution in [3.8, 4) is 0 Å². The number of hydrogen-bond acceptors (Lipinski definition) is 4. The average Bonchev–Trinajstić information content (AvgIpc) is 3.05. The molecule has 2 aliphatic heterocycles. The van der Waals surface area contributed by atoms with Crippen LogP contribution in [0.15, 0.2) is 18.2 Å². The van der Waals surface area contributed by atoms with Gasteiger partial charge in [0.2, 0.25) is 5.91 Å². The molecular weight excluding hydrogens is 338 g/mol. The Bertz CT molecular complexity index is 798. The molecule has 2 aliphatic rings. The number of nitrogens with zero attached hydrogens (tertiary/aromatic N) is 5. The summed E-state index contributed by atoms with van der Waals surface area (Å²) in [6, 6.07) is 7.47. The Labute approximate surface area is 161 Å². The summed E-state index contributed by atoms with van der Waals surface area (Å²) in [5, 5.41) is 8.75. The molecule has 1 aromatic heterocycles. The molecule has 1 aromatic carbocycles. The number of amides is 1. The molecule has 0 spiro atoms. The van der Waals surface area contributed by atoms with Crippen LogP contribution >= 0.6 is 0 Å². The van der Waals surface area contributed by atoms with Gasteiger partial charge in [0, 0.05) is 25.2 Å². The maximum atomic E-state index is 12.9. The van der Waals surface area contributed by atoms with E-state index in [0.29, 0.717) is 30.6 Å². The molecule has 1 amide bonds. The predicted molar refractivity (Wildman–Crippen MR) is 107 cm³/mol. The highest BCUT2D eigenvalue weighted by Gasteiger charge is 2.31. The smallest absolute Gasteiger partial charge is 0.237 e. The van der Waals surface area contributed by atoms with Gasteiger partial charge in [-0.15, -0.1) is 5.10 Å². The molecule has 0 radical (unpaired) electrons. The zero-order valence-corrected chi connectivity index (χ0v) is 16.8. The molecule has 27 heavy (non-hydrogen) atoms. The highest BCUT2D eigenvalue weighted by atomic mass is 16.2. The van der Waals surface area contributed by atoms with Gasteiger partial charge in [0.1, 0.15) is 5.52 Å². The minimum atomic E-state index is 0.301. The van der Waals surface area contributed by atoms with Crippen molar-refractivity contribution in [3.05, 3.63) is 23.8 Å². The average molecular weight is 370 g/mol. The topological polar surface area (TPSA) is 54.3 Å². The van der Waals surface area contributed by atoms with E-state index < -0.39 is 0 Å². The van der Waals surface area contributed by atoms with Gasteiger partial charge in [0.15, 0.2) is 0 Å². The first-order chi connectivity index (χ1) is 13.0. The highest BCUT2D eigenvalue weighted by molar-refractivity contribution is 5.79. The minimum Gasteiger partial charge on any atom is -0.336 e. The van der Waals surface area contributed by atoms with E-state index >= 15 is 0 Å². The van der Waals surface area contributed by atoms with Crippen LogP contribution in [0.4, 0.5) is 0 Å². The predicted octanol–water partition coefficient (Wildman–Crippen LogP) is 3.17. The van der Waals surface area contributed by atoms with E-state index in [-0.39, 0.29) is 0 Å². The van der Waals surface area contributed by atoms with E-state index in [2.05, 4.69) is 63.8 Å². The lowest BCUT2D eigenvalue weighted by Gasteiger charge is -2.41. The van der Waals surface area contributed by atoms with E-state index in [1.54, 1.807) is 0 Å². The molecule has 2 saturated heterocycles. The summed E-state index contributed by atoms with van der Waals surface area (Å²) < 4.78 is 2.09. The second kappa shape index (κ2) is 7.58. The Morgan fingerprint density at radius 2 is 1.81 bits per heavy atom. The molecule has 0 aliphatic carbocycles. The third kappa shape index (κ3) is 3.72. The normalized spacial score (nSPS) is 25.2. The summed E-state index contributed by atoms with van der Waals surface area (Å²) in [6.07, 6.45) is 5.55. The van der Waals surface area contributed by atoms with Crippen molar-refractivity contribution >= 4 is 16.9 Å². The summed E-state index contributed by atoms with van der Waals surface area (Å²) in [5.41, 5.74) is 3.30. The molecule has 0 bridgehead atoms. The summed E-state index contributed by atoms with van der Waals surface area (Å²) in [6.45, 7) is 8.91. The summed E-state index contributed by atoms with van der Waals surface area (Å²) in [5.74, 6) is 0.301. The maximum absolute atomic E-state index is 12.9. The van der Waals surface area contributed by atoms with Crippen LogP contribution in [0.2, 0.25) is 0 Å². The third-order valence-corrected chi connectivity index (χ3v) is 6.37. The Morgan fingerprint density at radius 3 is 2.52 bits per heavy atom. The van der Waals surface area contributed by atoms with Gasteiger partial charge in [-0.1, -0.05) is 11.3 Å². The largest absolute Gasteiger partial charge is 0.336 e. The van der Waals surface area contributed by atoms with Crippen molar-refractivity contribution in [2.75, 3.05) is 19.6 Å². The first kappa shape index (κ1) is 18.4. The summed E-state index contributed by atoms with van der Waals surface area (Å²) in [4.78, 5) is 17.3. The second-order valence-electron chi connectivity index (χ2n) is 8.46. The van der Waals surface area contributed by atoms with Crippen molar-refractivity contribution in [3.63, 3.8) is 0 Å². The number of benzene rings is 1. The van der Waals surface area contributed by atoms with Crippen molar-refractivity contribution < 1.29 is 4.79 Å². The second-order valence-corrected chi connectivity index (χ2v) is 8.46. The van der Waals surface area contributed by atoms with E-state index in [4.69, 9.17) is 0 Å². The quantitative estimate of drug-likeness (QED) is 0.834. The van der Waals surface area contributed by atoms with E-state index in [9.17, 15) is 4.79 Å². The lowest BCUT2D eigenvalue weighted by atomic mass is 9.97. The van der Waals surface area contributed by atoms with Crippen molar-refractivity contribution in [1.82, 2.24) is 24.8 Å². The van der Waals surface area contributed by atoms with Crippen LogP contribution in [0.3, 0.4) is 0 Å². The Morgan fingerprint density at radius 1 is 1.11 bits per heavy atom. The SMILES string of the molecule is Cc1ccc2c(c1)nnn2C1CCN(CC(=O)N2C(C)CCCC2C)CC1. The number of aryl methyl sites for hydroxylation is 1. The number of piperidine rings is 2. The number of rotatable bonds is 3. The number of hydrogen-bond donors (Lipinski definition) is 0. The van der Waals surface area contributed by atoms with Gasteiger partial charge >= 0.3 is 0 Å². The first-order valence-corrected chi connectivity index (χ1v) is 10.4. The van der Waals surface area contributed by atoms with E-state index in [1.165, 1.54) is 12.0 Å². The highest BCUT2D eigenvalue weighted by Crippen LogP contribution is 2.27. The van der Waals surface area contributed by atoms with Crippen molar-refractivity contribution in [2.24, 2.45) is 0 Å². The van der Waals surface area contributed by atoms with Crippen molar-refractivity contribution in [2.45, 2.75) is 71.0 Å². The zero-order valence-electron chi connectivity index (χ0n) is 16.8. The lowest BCUT2D eigenvalue weighted by Crippen LogP contribution is -2.52. The van der Waals surface area contributed by atoms with Gasteiger partial charge in [0.05, 0.1) is 18.1 Å². The fourth-order valence-corrected chi connectivity index (χ4v) is 4.83. The molecule has 146 valence electrons. The van der Waals surface area contributed by atoms with E-state index in [1.807, 2.05) is 0 Å². The molecule has 3 heterocycles. The van der Waals surface area contributed by atoms with Gasteiger partial charge < -0.3 is 4.90 Å². The fourth-order valence-electron chi connectivity index (χ4n) is 4.83. The molecular formula is C21H31N5O. The van der Waals surface area contributed by atoms with Gasteiger partial charge in [-0.3, -0.25) is 9.69 Å². The van der Waals surface area contributed by atoms with Crippen LogP contribution in [-0.2, 0) is 4.79 Å². The molecule has 2 fully saturated rings. The van der Waals surface area contributed by atoms with Crippen LogP contribution in [0.25, 0.3) is 11.0 Å². The first-order valence-electron chi connectivity index (χ1n) is 10.4. The number of aromatic nitrogens is 3. The summed E-state index contributed by atoms with van der Waals surface area (Å²) in [7, 11) is 0. The van der Waals surface area contributed by atoms with Gasteiger partial charge in [-0.2, -0.15) is 0 Å². The van der Waals surface area contributed by atoms with Gasteiger partial charge in [-0.25, -0.2) is 4.68 Å². The Kier molecular flexibility index (Phi) is 5.17. The Hall–Kier alpha value is -1.95. The lowest BCUT2D eigenvalue weighted by molar-refractivity contribution is -0.138. The molecule has 4 rings (SSSR count). The molecule has 0 saturated carbocycles. The standard InChI is InChI=1S/C21H31N5O/c1-15-7-8-20-19(13-15)22-23-26(20)18-9-11-24(12-10-18)14-21(27)25-16(2)5-4-6-17(25)3/h7-8,13,16-18H,4-6,9-12,14H2,1-3H3. The number of fused-ring (bicyclic) bond motifs is 1. The summed E-state index contributed by atoms with van der Waals surface area (Å²) >= 11 is 0. The number of likely N-dealkylation sites (tertiary alicyclic amines) is 2. The number of carbonyl (C=O) groups excluding carboxylic acids is 1. The fraction of sp³-hybridized carbons (Fsp3) is 0.667. The van der Waals surface area contributed by atoms with Crippen LogP contribution < -0.4 is 0 Å². The van der Waals surface area contributed by atoms with Crippen LogP contribution in [0, 0.1) is 6.92 Å². The van der Waals surface area contributed by atoms with Crippen LogP contribution in [-0.4, -0.2) is 62.4 Å². The monoisotopic (exact) mass is 369 g/mol. The molecule has 6 nitrogen and oxygen atoms in total. The molecule has 0 N–H and O–H groups in total. The minimum absolute atomic E-state index is 0.301. The number of carbonyl (C=O) groups is 1. The van der Waals surface area contributed by atoms with Crippen LogP contribution in [0.5, 0.6) is 0 Å². The molecule has 2 unspecified atom stereocenters. The Balaban J connectivity index is 1.36. The van der Waals surface area contributed by atoms with E-state index in [0.717, 1.165) is 49.8 Å². The molecule has 2 atom stereocenters. The maximum Gasteiger partial charge on any atom is 0.237 e.